The van der Waals surface area contributed by atoms with Crippen molar-refractivity contribution in [1.29, 1.82) is 0 Å². The first-order valence-corrected chi connectivity index (χ1v) is 9.13. The fraction of sp³-hybridized carbons (Fsp3) is 0.0526. The predicted octanol–water partition coefficient (Wildman–Crippen LogP) is 4.94. The van der Waals surface area contributed by atoms with Gasteiger partial charge in [-0.2, -0.15) is 0 Å². The number of aromatic hydroxyl groups is 1. The molecule has 6 heteroatoms. The Morgan fingerprint density at radius 2 is 2.00 bits per heavy atom. The van der Waals surface area contributed by atoms with Crippen LogP contribution in [0.5, 0.6) is 5.75 Å². The molecule has 1 aliphatic rings. The first-order valence-electron chi connectivity index (χ1n) is 7.52. The second-order valence-electron chi connectivity index (χ2n) is 5.28. The standard InChI is InChI=1S/C19H15BrN2O2S/c1-2-10-22-18(24)17(12-13-4-3-5-14(20)11-13)25-19(22)21-15-6-8-16(23)9-7-15/h2-9,11-12,23H,1,10H2/b17-12-,21-19?. The molecule has 0 bridgehead atoms. The molecule has 4 nitrogen and oxygen atoms in total. The van der Waals surface area contributed by atoms with E-state index < -0.39 is 0 Å². The van der Waals surface area contributed by atoms with Crippen LogP contribution in [0.2, 0.25) is 0 Å². The second kappa shape index (κ2) is 7.72. The number of carbonyl (C=O) groups is 1. The van der Waals surface area contributed by atoms with Crippen LogP contribution in [0.15, 0.2) is 75.6 Å². The van der Waals surface area contributed by atoms with E-state index in [9.17, 15) is 9.90 Å². The molecule has 0 spiro atoms. The van der Waals surface area contributed by atoms with Crippen LogP contribution in [0.25, 0.3) is 6.08 Å². The lowest BCUT2D eigenvalue weighted by atomic mass is 10.2. The molecule has 25 heavy (non-hydrogen) atoms. The maximum absolute atomic E-state index is 12.7. The zero-order valence-electron chi connectivity index (χ0n) is 13.2. The van der Waals surface area contributed by atoms with Crippen LogP contribution in [0.4, 0.5) is 5.69 Å². The number of phenols is 1. The lowest BCUT2D eigenvalue weighted by molar-refractivity contribution is -0.121. The van der Waals surface area contributed by atoms with E-state index in [2.05, 4.69) is 27.5 Å². The van der Waals surface area contributed by atoms with Gasteiger partial charge >= 0.3 is 0 Å². The number of aliphatic imine (C=N–C) groups is 1. The zero-order valence-corrected chi connectivity index (χ0v) is 15.6. The highest BCUT2D eigenvalue weighted by Crippen LogP contribution is 2.34. The number of hydrogen-bond donors (Lipinski definition) is 1. The number of rotatable bonds is 4. The van der Waals surface area contributed by atoms with Gasteiger partial charge in [0.25, 0.3) is 5.91 Å². The van der Waals surface area contributed by atoms with Crippen molar-refractivity contribution in [2.45, 2.75) is 0 Å². The summed E-state index contributed by atoms with van der Waals surface area (Å²) in [5.41, 5.74) is 1.61. The average Bonchev–Trinajstić information content (AvgIpc) is 2.86. The molecule has 126 valence electrons. The van der Waals surface area contributed by atoms with Gasteiger partial charge < -0.3 is 5.11 Å². The average molecular weight is 415 g/mol. The fourth-order valence-electron chi connectivity index (χ4n) is 2.27. The van der Waals surface area contributed by atoms with Gasteiger partial charge in [0.05, 0.1) is 10.6 Å². The number of halogens is 1. The Morgan fingerprint density at radius 1 is 1.24 bits per heavy atom. The number of thioether (sulfide) groups is 1. The third kappa shape index (κ3) is 4.21. The number of phenolic OH excluding ortho intramolecular Hbond substituents is 1. The minimum atomic E-state index is -0.0950. The number of carbonyl (C=O) groups excluding carboxylic acids is 1. The molecular formula is C19H15BrN2O2S. The first-order chi connectivity index (χ1) is 12.1. The second-order valence-corrected chi connectivity index (χ2v) is 7.21. The molecule has 0 aliphatic carbocycles. The van der Waals surface area contributed by atoms with E-state index in [0.717, 1.165) is 10.0 Å². The van der Waals surface area contributed by atoms with Gasteiger partial charge in [-0.3, -0.25) is 9.69 Å². The quantitative estimate of drug-likeness (QED) is 0.568. The Labute approximate surface area is 158 Å². The molecular weight excluding hydrogens is 400 g/mol. The van der Waals surface area contributed by atoms with Crippen molar-refractivity contribution in [3.05, 3.63) is 76.1 Å². The van der Waals surface area contributed by atoms with E-state index >= 15 is 0 Å². The Balaban J connectivity index is 1.94. The molecule has 2 aromatic rings. The number of amides is 1. The van der Waals surface area contributed by atoms with Crippen LogP contribution in [0, 0.1) is 0 Å². The Morgan fingerprint density at radius 3 is 2.68 bits per heavy atom. The van der Waals surface area contributed by atoms with Crippen molar-refractivity contribution in [2.75, 3.05) is 6.54 Å². The minimum Gasteiger partial charge on any atom is -0.508 e. The third-order valence-electron chi connectivity index (χ3n) is 3.42. The monoisotopic (exact) mass is 414 g/mol. The Kier molecular flexibility index (Phi) is 5.40. The maximum atomic E-state index is 12.7. The summed E-state index contributed by atoms with van der Waals surface area (Å²) in [6.07, 6.45) is 3.53. The molecule has 1 fully saturated rings. The molecule has 0 unspecified atom stereocenters. The van der Waals surface area contributed by atoms with E-state index in [1.165, 1.54) is 11.8 Å². The lowest BCUT2D eigenvalue weighted by Crippen LogP contribution is -2.29. The summed E-state index contributed by atoms with van der Waals surface area (Å²) >= 11 is 4.76. The van der Waals surface area contributed by atoms with Gasteiger partial charge in [0.2, 0.25) is 0 Å². The normalized spacial score (nSPS) is 17.5. The van der Waals surface area contributed by atoms with Crippen LogP contribution < -0.4 is 0 Å². The molecule has 0 aromatic heterocycles. The van der Waals surface area contributed by atoms with Crippen molar-refractivity contribution in [1.82, 2.24) is 4.90 Å². The minimum absolute atomic E-state index is 0.0950. The highest BCUT2D eigenvalue weighted by Gasteiger charge is 2.32. The molecule has 1 heterocycles. The Hall–Kier alpha value is -2.31. The first kappa shape index (κ1) is 17.5. The lowest BCUT2D eigenvalue weighted by Gasteiger charge is -2.12. The predicted molar refractivity (Wildman–Crippen MR) is 107 cm³/mol. The molecule has 1 amide bonds. The molecule has 2 aromatic carbocycles. The summed E-state index contributed by atoms with van der Waals surface area (Å²) in [6.45, 7) is 4.10. The summed E-state index contributed by atoms with van der Waals surface area (Å²) in [6, 6.07) is 14.3. The SMILES string of the molecule is C=CCN1C(=O)/C(=C/c2cccc(Br)c2)SC1=Nc1ccc(O)cc1. The number of benzene rings is 2. The topological polar surface area (TPSA) is 52.9 Å². The summed E-state index contributed by atoms with van der Waals surface area (Å²) < 4.78 is 0.957. The smallest absolute Gasteiger partial charge is 0.267 e. The maximum Gasteiger partial charge on any atom is 0.267 e. The number of nitrogens with zero attached hydrogens (tertiary/aromatic N) is 2. The highest BCUT2D eigenvalue weighted by molar-refractivity contribution is 9.10. The van der Waals surface area contributed by atoms with Crippen molar-refractivity contribution < 1.29 is 9.90 Å². The Bertz CT molecular complexity index is 875. The van der Waals surface area contributed by atoms with Crippen LogP contribution in [0.3, 0.4) is 0 Å². The van der Waals surface area contributed by atoms with Crippen LogP contribution in [-0.2, 0) is 4.79 Å². The summed E-state index contributed by atoms with van der Waals surface area (Å²) in [5.74, 6) is 0.0830. The highest BCUT2D eigenvalue weighted by atomic mass is 79.9. The van der Waals surface area contributed by atoms with Crippen molar-refractivity contribution in [3.8, 4) is 5.75 Å². The summed E-state index contributed by atoms with van der Waals surface area (Å²) in [7, 11) is 0. The summed E-state index contributed by atoms with van der Waals surface area (Å²) in [5, 5.41) is 9.97. The molecule has 1 saturated heterocycles. The van der Waals surface area contributed by atoms with E-state index in [4.69, 9.17) is 0 Å². The van der Waals surface area contributed by atoms with Gasteiger partial charge in [0.1, 0.15) is 5.75 Å². The van der Waals surface area contributed by atoms with Crippen LogP contribution >= 0.6 is 27.7 Å². The van der Waals surface area contributed by atoms with Crippen molar-refractivity contribution in [2.24, 2.45) is 4.99 Å². The molecule has 0 atom stereocenters. The van der Waals surface area contributed by atoms with Gasteiger partial charge in [-0.15, -0.1) is 6.58 Å². The van der Waals surface area contributed by atoms with E-state index in [1.807, 2.05) is 30.3 Å². The molecule has 0 radical (unpaired) electrons. The van der Waals surface area contributed by atoms with Crippen molar-refractivity contribution >= 4 is 50.5 Å². The van der Waals surface area contributed by atoms with Gasteiger partial charge in [-0.25, -0.2) is 4.99 Å². The van der Waals surface area contributed by atoms with Gasteiger partial charge in [-0.1, -0.05) is 34.1 Å². The summed E-state index contributed by atoms with van der Waals surface area (Å²) in [4.78, 5) is 19.4. The fourth-order valence-corrected chi connectivity index (χ4v) is 3.69. The van der Waals surface area contributed by atoms with Gasteiger partial charge in [0.15, 0.2) is 5.17 Å². The van der Waals surface area contributed by atoms with E-state index in [0.29, 0.717) is 22.3 Å². The number of amidine groups is 1. The van der Waals surface area contributed by atoms with Crippen LogP contribution in [0.1, 0.15) is 5.56 Å². The van der Waals surface area contributed by atoms with Gasteiger partial charge in [0, 0.05) is 11.0 Å². The largest absolute Gasteiger partial charge is 0.508 e. The van der Waals surface area contributed by atoms with E-state index in [-0.39, 0.29) is 11.7 Å². The molecule has 3 rings (SSSR count). The van der Waals surface area contributed by atoms with Crippen LogP contribution in [-0.4, -0.2) is 27.6 Å². The molecule has 1 N–H and O–H groups in total. The van der Waals surface area contributed by atoms with E-state index in [1.54, 1.807) is 35.2 Å². The molecule has 0 saturated carbocycles. The zero-order chi connectivity index (χ0) is 17.8. The number of hydrogen-bond acceptors (Lipinski definition) is 4. The molecule has 1 aliphatic heterocycles. The van der Waals surface area contributed by atoms with Gasteiger partial charge in [-0.05, 0) is 59.8 Å². The van der Waals surface area contributed by atoms with Crippen molar-refractivity contribution in [3.63, 3.8) is 0 Å². The third-order valence-corrected chi connectivity index (χ3v) is 4.92.